The Bertz CT molecular complexity index is 727. The molecule has 5 nitrogen and oxygen atoms in total. The van der Waals surface area contributed by atoms with E-state index >= 15 is 0 Å². The maximum Gasteiger partial charge on any atom is 0.240 e. The minimum atomic E-state index is -0.582. The van der Waals surface area contributed by atoms with E-state index < -0.39 is 17.8 Å². The summed E-state index contributed by atoms with van der Waals surface area (Å²) >= 11 is 5.86. The molecule has 3 heterocycles. The molecular formula is C16H13ClN2O3. The molecule has 2 fully saturated rings. The van der Waals surface area contributed by atoms with Crippen molar-refractivity contribution < 1.29 is 14.4 Å². The third kappa shape index (κ3) is 1.57. The van der Waals surface area contributed by atoms with E-state index in [4.69, 9.17) is 11.6 Å². The Balaban J connectivity index is 1.78. The molecule has 2 saturated heterocycles. The van der Waals surface area contributed by atoms with Crippen LogP contribution in [0.4, 0.5) is 5.69 Å². The molecule has 2 bridgehead atoms. The van der Waals surface area contributed by atoms with E-state index in [2.05, 4.69) is 0 Å². The molecule has 0 spiro atoms. The van der Waals surface area contributed by atoms with E-state index in [0.29, 0.717) is 10.7 Å². The van der Waals surface area contributed by atoms with Gasteiger partial charge in [0, 0.05) is 12.1 Å². The van der Waals surface area contributed by atoms with Gasteiger partial charge in [-0.1, -0.05) is 23.8 Å². The summed E-state index contributed by atoms with van der Waals surface area (Å²) in [5.41, 5.74) is 0.503. The molecule has 22 heavy (non-hydrogen) atoms. The number of fused-ring (bicyclic) bond motifs is 1. The van der Waals surface area contributed by atoms with Crippen LogP contribution in [0.15, 0.2) is 36.4 Å². The molecule has 1 aliphatic carbocycles. The maximum absolute atomic E-state index is 12.8. The molecule has 1 aromatic carbocycles. The molecular weight excluding hydrogens is 304 g/mol. The van der Waals surface area contributed by atoms with Gasteiger partial charge in [0.2, 0.25) is 17.7 Å². The molecule has 1 aromatic rings. The second-order valence-electron chi connectivity index (χ2n) is 5.89. The zero-order chi connectivity index (χ0) is 15.6. The Labute approximate surface area is 132 Å². The van der Waals surface area contributed by atoms with Gasteiger partial charge in [-0.2, -0.15) is 0 Å². The summed E-state index contributed by atoms with van der Waals surface area (Å²) < 4.78 is 0. The van der Waals surface area contributed by atoms with Crippen LogP contribution in [0.5, 0.6) is 0 Å². The highest BCUT2D eigenvalue weighted by Gasteiger charge is 2.61. The van der Waals surface area contributed by atoms with Crippen LogP contribution in [0.25, 0.3) is 0 Å². The summed E-state index contributed by atoms with van der Waals surface area (Å²) in [6, 6.07) is 6.25. The maximum atomic E-state index is 12.8. The van der Waals surface area contributed by atoms with Crippen molar-refractivity contribution in [3.8, 4) is 0 Å². The standard InChI is InChI=1S/C16H13ClN2O3/c1-18-11-7-6-10(14(18)20)12-13(11)16(22)19(15(12)21)9-4-2-8(17)3-5-9/h2-7,10-13H,1H3/t10-,11+,12+,13+/m0/s1. The Morgan fingerprint density at radius 1 is 0.909 bits per heavy atom. The lowest BCUT2D eigenvalue weighted by Gasteiger charge is -2.44. The molecule has 0 N–H and O–H groups in total. The summed E-state index contributed by atoms with van der Waals surface area (Å²) in [6.07, 6.45) is 3.63. The highest BCUT2D eigenvalue weighted by atomic mass is 35.5. The number of piperidine rings is 1. The van der Waals surface area contributed by atoms with Gasteiger partial charge in [-0.15, -0.1) is 0 Å². The Kier molecular flexibility index (Phi) is 2.72. The summed E-state index contributed by atoms with van der Waals surface area (Å²) in [5, 5.41) is 0.539. The van der Waals surface area contributed by atoms with Gasteiger partial charge >= 0.3 is 0 Å². The van der Waals surface area contributed by atoms with Crippen molar-refractivity contribution in [2.75, 3.05) is 11.9 Å². The molecule has 5 rings (SSSR count). The molecule has 3 aliphatic heterocycles. The van der Waals surface area contributed by atoms with Gasteiger partial charge in [0.05, 0.1) is 29.5 Å². The molecule has 6 heteroatoms. The monoisotopic (exact) mass is 316 g/mol. The van der Waals surface area contributed by atoms with Crippen LogP contribution in [0, 0.1) is 17.8 Å². The summed E-state index contributed by atoms with van der Waals surface area (Å²) in [4.78, 5) is 40.5. The lowest BCUT2D eigenvalue weighted by molar-refractivity contribution is -0.148. The Morgan fingerprint density at radius 3 is 2.23 bits per heavy atom. The van der Waals surface area contributed by atoms with Gasteiger partial charge in [0.25, 0.3) is 0 Å². The number of hydrogen-bond donors (Lipinski definition) is 0. The zero-order valence-corrected chi connectivity index (χ0v) is 12.5. The van der Waals surface area contributed by atoms with E-state index in [1.807, 2.05) is 6.08 Å². The molecule has 0 aromatic heterocycles. The van der Waals surface area contributed by atoms with Crippen LogP contribution >= 0.6 is 11.6 Å². The van der Waals surface area contributed by atoms with E-state index in [1.54, 1.807) is 42.3 Å². The largest absolute Gasteiger partial charge is 0.338 e. The molecule has 112 valence electrons. The average Bonchev–Trinajstić information content (AvgIpc) is 2.78. The highest BCUT2D eigenvalue weighted by molar-refractivity contribution is 6.31. The number of benzene rings is 1. The number of anilines is 1. The van der Waals surface area contributed by atoms with Gasteiger partial charge in [-0.3, -0.25) is 14.4 Å². The second kappa shape index (κ2) is 4.43. The SMILES string of the molecule is CN1C(=O)[C@H]2C=C[C@@H]1[C@H]1C(=O)N(c3ccc(Cl)cc3)C(=O)[C@@H]12. The lowest BCUT2D eigenvalue weighted by Crippen LogP contribution is -2.57. The van der Waals surface area contributed by atoms with Crippen molar-refractivity contribution in [2.24, 2.45) is 17.8 Å². The fourth-order valence-electron chi connectivity index (χ4n) is 3.76. The topological polar surface area (TPSA) is 57.7 Å². The number of halogens is 1. The molecule has 4 aliphatic rings. The highest BCUT2D eigenvalue weighted by Crippen LogP contribution is 2.46. The Morgan fingerprint density at radius 2 is 1.55 bits per heavy atom. The first-order valence-electron chi connectivity index (χ1n) is 7.09. The minimum absolute atomic E-state index is 0.0899. The van der Waals surface area contributed by atoms with Crippen molar-refractivity contribution in [1.82, 2.24) is 4.90 Å². The van der Waals surface area contributed by atoms with E-state index in [-0.39, 0.29) is 23.8 Å². The summed E-state index contributed by atoms with van der Waals surface area (Å²) in [7, 11) is 1.68. The van der Waals surface area contributed by atoms with Crippen molar-refractivity contribution in [1.29, 1.82) is 0 Å². The van der Waals surface area contributed by atoms with Crippen LogP contribution < -0.4 is 4.90 Å². The number of amides is 3. The summed E-state index contributed by atoms with van der Waals surface area (Å²) in [6.45, 7) is 0. The van der Waals surface area contributed by atoms with Crippen LogP contribution in [-0.2, 0) is 14.4 Å². The van der Waals surface area contributed by atoms with Crippen molar-refractivity contribution >= 4 is 35.0 Å². The van der Waals surface area contributed by atoms with Crippen LogP contribution in [0.2, 0.25) is 5.02 Å². The summed E-state index contributed by atoms with van der Waals surface area (Å²) in [5.74, 6) is -2.22. The van der Waals surface area contributed by atoms with Gasteiger partial charge in [-0.25, -0.2) is 4.90 Å². The van der Waals surface area contributed by atoms with Gasteiger partial charge < -0.3 is 4.90 Å². The number of carbonyl (C=O) groups is 3. The Hall–Kier alpha value is -2.14. The number of likely N-dealkylation sites (N-methyl/N-ethyl adjacent to an activating group) is 1. The predicted molar refractivity (Wildman–Crippen MR) is 80.1 cm³/mol. The van der Waals surface area contributed by atoms with E-state index in [0.717, 1.165) is 0 Å². The van der Waals surface area contributed by atoms with E-state index in [1.165, 1.54) is 4.90 Å². The zero-order valence-electron chi connectivity index (χ0n) is 11.8. The fourth-order valence-corrected chi connectivity index (χ4v) is 3.88. The normalized spacial score (nSPS) is 32.9. The molecule has 0 unspecified atom stereocenters. The predicted octanol–water partition coefficient (Wildman–Crippen LogP) is 1.47. The van der Waals surface area contributed by atoms with Gasteiger partial charge in [0.15, 0.2) is 0 Å². The van der Waals surface area contributed by atoms with Crippen molar-refractivity contribution in [3.63, 3.8) is 0 Å². The number of hydrogen-bond acceptors (Lipinski definition) is 3. The quantitative estimate of drug-likeness (QED) is 0.582. The van der Waals surface area contributed by atoms with Gasteiger partial charge in [-0.05, 0) is 24.3 Å². The number of nitrogens with zero attached hydrogens (tertiary/aromatic N) is 2. The first-order chi connectivity index (χ1) is 10.5. The van der Waals surface area contributed by atoms with Crippen LogP contribution in [-0.4, -0.2) is 35.7 Å². The molecule has 3 amide bonds. The molecule has 0 radical (unpaired) electrons. The number of imide groups is 1. The lowest BCUT2D eigenvalue weighted by atomic mass is 9.70. The second-order valence-corrected chi connectivity index (χ2v) is 6.33. The van der Waals surface area contributed by atoms with Crippen molar-refractivity contribution in [2.45, 2.75) is 6.04 Å². The third-order valence-electron chi connectivity index (χ3n) is 4.83. The van der Waals surface area contributed by atoms with Gasteiger partial charge in [0.1, 0.15) is 0 Å². The average molecular weight is 317 g/mol. The molecule has 0 saturated carbocycles. The van der Waals surface area contributed by atoms with Crippen LogP contribution in [0.3, 0.4) is 0 Å². The third-order valence-corrected chi connectivity index (χ3v) is 5.09. The van der Waals surface area contributed by atoms with Crippen LogP contribution in [0.1, 0.15) is 0 Å². The van der Waals surface area contributed by atoms with Crippen molar-refractivity contribution in [3.05, 3.63) is 41.4 Å². The minimum Gasteiger partial charge on any atom is -0.338 e. The number of carbonyl (C=O) groups excluding carboxylic acids is 3. The van der Waals surface area contributed by atoms with E-state index in [9.17, 15) is 14.4 Å². The fraction of sp³-hybridized carbons (Fsp3) is 0.312. The first kappa shape index (κ1) is 13.5. The number of rotatable bonds is 1. The smallest absolute Gasteiger partial charge is 0.240 e. The molecule has 4 atom stereocenters. The first-order valence-corrected chi connectivity index (χ1v) is 7.47.